The van der Waals surface area contributed by atoms with Crippen LogP contribution in [0.1, 0.15) is 11.5 Å². The Labute approximate surface area is 114 Å². The third kappa shape index (κ3) is 3.19. The Hall–Kier alpha value is -1.83. The lowest BCUT2D eigenvalue weighted by atomic mass is 10.3. The van der Waals surface area contributed by atoms with Gasteiger partial charge in [0.05, 0.1) is 5.39 Å². The molecule has 0 saturated carbocycles. The number of nitrogens with zero attached hydrogens (tertiary/aromatic N) is 3. The molecule has 0 unspecified atom stereocenters. The lowest BCUT2D eigenvalue weighted by molar-refractivity contribution is -0.144. The Bertz CT molecular complexity index is 603. The van der Waals surface area contributed by atoms with Gasteiger partial charge in [-0.1, -0.05) is 0 Å². The number of rotatable bonds is 4. The van der Waals surface area contributed by atoms with Crippen LogP contribution in [0.15, 0.2) is 6.07 Å². The van der Waals surface area contributed by atoms with E-state index < -0.39 is 12.0 Å². The largest absolute Gasteiger partial charge is 0.451 e. The number of hydrogen-bond acceptors (Lipinski definition) is 4. The highest BCUT2D eigenvalue weighted by Crippen LogP contribution is 2.30. The van der Waals surface area contributed by atoms with Crippen molar-refractivity contribution in [2.45, 2.75) is 13.1 Å². The van der Waals surface area contributed by atoms with Gasteiger partial charge in [0.15, 0.2) is 0 Å². The van der Waals surface area contributed by atoms with Gasteiger partial charge in [-0.3, -0.25) is 0 Å². The monoisotopic (exact) mass is 287 g/mol. The SMILES string of the molecule is Cc1cc2c(NCCN(C)C)nc(C(F)(F)F)nc2[nH]1. The van der Waals surface area contributed by atoms with Crippen LogP contribution >= 0.6 is 0 Å². The average molecular weight is 287 g/mol. The average Bonchev–Trinajstić information content (AvgIpc) is 2.67. The summed E-state index contributed by atoms with van der Waals surface area (Å²) in [5.41, 5.74) is 0.932. The van der Waals surface area contributed by atoms with E-state index in [-0.39, 0.29) is 11.5 Å². The fourth-order valence-corrected chi connectivity index (χ4v) is 1.80. The molecule has 110 valence electrons. The first-order chi connectivity index (χ1) is 9.27. The first-order valence-electron chi connectivity index (χ1n) is 6.10. The predicted molar refractivity (Wildman–Crippen MR) is 70.7 cm³/mol. The molecule has 2 N–H and O–H groups in total. The molecule has 0 radical (unpaired) electrons. The van der Waals surface area contributed by atoms with E-state index in [9.17, 15) is 13.2 Å². The molecular weight excluding hydrogens is 271 g/mol. The van der Waals surface area contributed by atoms with Crippen LogP contribution in [-0.2, 0) is 6.18 Å². The Morgan fingerprint density at radius 2 is 2.00 bits per heavy atom. The van der Waals surface area contributed by atoms with Crippen LogP contribution < -0.4 is 5.32 Å². The van der Waals surface area contributed by atoms with Crippen molar-refractivity contribution in [3.05, 3.63) is 17.6 Å². The van der Waals surface area contributed by atoms with Gasteiger partial charge in [0.1, 0.15) is 11.5 Å². The Morgan fingerprint density at radius 3 is 2.60 bits per heavy atom. The molecule has 0 aromatic carbocycles. The van der Waals surface area contributed by atoms with E-state index in [1.807, 2.05) is 19.0 Å². The molecule has 0 amide bonds. The molecule has 8 heteroatoms. The van der Waals surface area contributed by atoms with Crippen LogP contribution in [0, 0.1) is 6.92 Å². The zero-order valence-corrected chi connectivity index (χ0v) is 11.5. The van der Waals surface area contributed by atoms with E-state index in [1.54, 1.807) is 13.0 Å². The van der Waals surface area contributed by atoms with Crippen LogP contribution in [-0.4, -0.2) is 47.0 Å². The second kappa shape index (κ2) is 5.28. The van der Waals surface area contributed by atoms with Gasteiger partial charge in [0, 0.05) is 18.8 Å². The fourth-order valence-electron chi connectivity index (χ4n) is 1.80. The molecule has 2 aromatic heterocycles. The molecule has 0 aliphatic heterocycles. The van der Waals surface area contributed by atoms with Gasteiger partial charge in [-0.25, -0.2) is 9.97 Å². The van der Waals surface area contributed by atoms with Crippen LogP contribution in [0.5, 0.6) is 0 Å². The summed E-state index contributed by atoms with van der Waals surface area (Å²) >= 11 is 0. The van der Waals surface area contributed by atoms with Crippen LogP contribution in [0.3, 0.4) is 0 Å². The molecule has 5 nitrogen and oxygen atoms in total. The molecule has 0 atom stereocenters. The summed E-state index contributed by atoms with van der Waals surface area (Å²) in [5, 5.41) is 3.50. The van der Waals surface area contributed by atoms with Crippen molar-refractivity contribution >= 4 is 16.9 Å². The van der Waals surface area contributed by atoms with Crippen molar-refractivity contribution in [2.24, 2.45) is 0 Å². The number of aryl methyl sites for hydroxylation is 1. The summed E-state index contributed by atoms with van der Waals surface area (Å²) in [5.74, 6) is -0.937. The molecule has 2 rings (SSSR count). The van der Waals surface area contributed by atoms with Crippen molar-refractivity contribution in [3.63, 3.8) is 0 Å². The number of aromatic nitrogens is 3. The number of hydrogen-bond donors (Lipinski definition) is 2. The van der Waals surface area contributed by atoms with Crippen molar-refractivity contribution in [1.29, 1.82) is 0 Å². The highest BCUT2D eigenvalue weighted by Gasteiger charge is 2.35. The minimum Gasteiger partial charge on any atom is -0.368 e. The number of fused-ring (bicyclic) bond motifs is 1. The van der Waals surface area contributed by atoms with Gasteiger partial charge >= 0.3 is 6.18 Å². The second-order valence-corrected chi connectivity index (χ2v) is 4.84. The van der Waals surface area contributed by atoms with Crippen LogP contribution in [0.4, 0.5) is 19.0 Å². The second-order valence-electron chi connectivity index (χ2n) is 4.84. The van der Waals surface area contributed by atoms with Gasteiger partial charge in [-0.2, -0.15) is 13.2 Å². The maximum atomic E-state index is 12.8. The Morgan fingerprint density at radius 1 is 1.30 bits per heavy atom. The van der Waals surface area contributed by atoms with Crippen LogP contribution in [0.25, 0.3) is 11.0 Å². The number of anilines is 1. The van der Waals surface area contributed by atoms with E-state index in [2.05, 4.69) is 20.3 Å². The van der Waals surface area contributed by atoms with Gasteiger partial charge < -0.3 is 15.2 Å². The number of nitrogens with one attached hydrogen (secondary N) is 2. The van der Waals surface area contributed by atoms with Crippen molar-refractivity contribution in [3.8, 4) is 0 Å². The summed E-state index contributed by atoms with van der Waals surface area (Å²) in [6.07, 6.45) is -4.56. The molecule has 0 fully saturated rings. The molecule has 0 saturated heterocycles. The zero-order chi connectivity index (χ0) is 14.9. The molecule has 0 aliphatic carbocycles. The minimum atomic E-state index is -4.56. The Balaban J connectivity index is 2.39. The summed E-state index contributed by atoms with van der Waals surface area (Å²) in [6.45, 7) is 2.95. The summed E-state index contributed by atoms with van der Waals surface area (Å²) in [7, 11) is 3.78. The van der Waals surface area contributed by atoms with E-state index in [1.165, 1.54) is 0 Å². The van der Waals surface area contributed by atoms with E-state index in [4.69, 9.17) is 0 Å². The highest BCUT2D eigenvalue weighted by molar-refractivity contribution is 5.87. The molecule has 2 aromatic rings. The van der Waals surface area contributed by atoms with E-state index >= 15 is 0 Å². The molecule has 0 spiro atoms. The predicted octanol–water partition coefficient (Wildman–Crippen LogP) is 2.26. The van der Waals surface area contributed by atoms with Crippen molar-refractivity contribution < 1.29 is 13.2 Å². The van der Waals surface area contributed by atoms with Gasteiger partial charge in [-0.05, 0) is 27.1 Å². The molecular formula is C12H16F3N5. The normalized spacial score (nSPS) is 12.3. The van der Waals surface area contributed by atoms with Crippen molar-refractivity contribution in [2.75, 3.05) is 32.5 Å². The molecule has 0 bridgehead atoms. The lowest BCUT2D eigenvalue weighted by Crippen LogP contribution is -2.22. The number of alkyl halides is 3. The minimum absolute atomic E-state index is 0.192. The van der Waals surface area contributed by atoms with E-state index in [0.29, 0.717) is 18.5 Å². The molecule has 2 heterocycles. The Kier molecular flexibility index (Phi) is 3.85. The summed E-state index contributed by atoms with van der Waals surface area (Å²) in [6, 6.07) is 1.73. The standard InChI is InChI=1S/C12H16F3N5/c1-7-6-8-9(16-4-5-20(2)3)18-11(12(13,14)15)19-10(8)17-7/h6H,4-5H2,1-3H3,(H2,16,17,18,19). The highest BCUT2D eigenvalue weighted by atomic mass is 19.4. The maximum Gasteiger partial charge on any atom is 0.451 e. The van der Waals surface area contributed by atoms with Crippen LogP contribution in [0.2, 0.25) is 0 Å². The topological polar surface area (TPSA) is 56.8 Å². The maximum absolute atomic E-state index is 12.8. The quantitative estimate of drug-likeness (QED) is 0.905. The van der Waals surface area contributed by atoms with Gasteiger partial charge in [0.2, 0.25) is 5.82 Å². The first kappa shape index (κ1) is 14.6. The number of halogens is 3. The van der Waals surface area contributed by atoms with Gasteiger partial charge in [0.25, 0.3) is 0 Å². The third-order valence-corrected chi connectivity index (χ3v) is 2.73. The van der Waals surface area contributed by atoms with E-state index in [0.717, 1.165) is 5.69 Å². The molecule has 0 aliphatic rings. The number of aromatic amines is 1. The summed E-state index contributed by atoms with van der Waals surface area (Å²) in [4.78, 5) is 11.9. The number of H-pyrrole nitrogens is 1. The fraction of sp³-hybridized carbons (Fsp3) is 0.500. The number of likely N-dealkylation sites (N-methyl/N-ethyl adjacent to an activating group) is 1. The lowest BCUT2D eigenvalue weighted by Gasteiger charge is -2.13. The summed E-state index contributed by atoms with van der Waals surface area (Å²) < 4.78 is 38.3. The smallest absolute Gasteiger partial charge is 0.368 e. The third-order valence-electron chi connectivity index (χ3n) is 2.73. The zero-order valence-electron chi connectivity index (χ0n) is 11.5. The van der Waals surface area contributed by atoms with Crippen molar-refractivity contribution in [1.82, 2.24) is 19.9 Å². The first-order valence-corrected chi connectivity index (χ1v) is 6.10. The molecule has 20 heavy (non-hydrogen) atoms. The van der Waals surface area contributed by atoms with Gasteiger partial charge in [-0.15, -0.1) is 0 Å².